The second-order valence-electron chi connectivity index (χ2n) is 3.71. The Morgan fingerprint density at radius 1 is 1.38 bits per heavy atom. The van der Waals surface area contributed by atoms with E-state index in [1.165, 1.54) is 5.57 Å². The van der Waals surface area contributed by atoms with Gasteiger partial charge in [0.25, 0.3) is 0 Å². The standard InChI is InChI=1S/C13H17NO2/c1-3-10(2)8-14-9-11-4-6-12(7-5-11)13(15)16/h4-7,14H,2-3,8-9H2,1H3,(H,15,16). The van der Waals surface area contributed by atoms with Crippen molar-refractivity contribution in [2.24, 2.45) is 0 Å². The van der Waals surface area contributed by atoms with E-state index in [-0.39, 0.29) is 0 Å². The third kappa shape index (κ3) is 3.87. The molecule has 1 aromatic carbocycles. The van der Waals surface area contributed by atoms with E-state index in [1.807, 2.05) is 12.1 Å². The number of carboxylic acids is 1. The van der Waals surface area contributed by atoms with E-state index in [0.717, 1.165) is 25.1 Å². The average Bonchev–Trinajstić information content (AvgIpc) is 2.29. The second-order valence-corrected chi connectivity index (χ2v) is 3.71. The van der Waals surface area contributed by atoms with Gasteiger partial charge in [0.05, 0.1) is 5.56 Å². The fourth-order valence-corrected chi connectivity index (χ4v) is 1.27. The number of rotatable bonds is 6. The molecule has 0 saturated carbocycles. The molecule has 0 aliphatic rings. The zero-order chi connectivity index (χ0) is 12.0. The summed E-state index contributed by atoms with van der Waals surface area (Å²) in [5.74, 6) is -0.890. The predicted octanol–water partition coefficient (Wildman–Crippen LogP) is 2.44. The summed E-state index contributed by atoms with van der Waals surface area (Å²) in [5.41, 5.74) is 2.57. The minimum atomic E-state index is -0.890. The van der Waals surface area contributed by atoms with Gasteiger partial charge >= 0.3 is 5.97 Å². The molecule has 0 saturated heterocycles. The third-order valence-electron chi connectivity index (χ3n) is 2.41. The Kier molecular flexibility index (Phi) is 4.73. The summed E-state index contributed by atoms with van der Waals surface area (Å²) in [4.78, 5) is 10.6. The van der Waals surface area contributed by atoms with Crippen LogP contribution in [-0.4, -0.2) is 17.6 Å². The molecule has 16 heavy (non-hydrogen) atoms. The van der Waals surface area contributed by atoms with Crippen LogP contribution >= 0.6 is 0 Å². The fraction of sp³-hybridized carbons (Fsp3) is 0.308. The number of benzene rings is 1. The number of nitrogens with one attached hydrogen (secondary N) is 1. The fourth-order valence-electron chi connectivity index (χ4n) is 1.27. The molecule has 2 N–H and O–H groups in total. The number of aromatic carboxylic acids is 1. The molecule has 0 fully saturated rings. The van der Waals surface area contributed by atoms with E-state index in [4.69, 9.17) is 5.11 Å². The highest BCUT2D eigenvalue weighted by atomic mass is 16.4. The monoisotopic (exact) mass is 219 g/mol. The van der Waals surface area contributed by atoms with Crippen LogP contribution in [0, 0.1) is 0 Å². The summed E-state index contributed by atoms with van der Waals surface area (Å²) in [6.45, 7) is 7.51. The summed E-state index contributed by atoms with van der Waals surface area (Å²) in [6.07, 6.45) is 0.977. The molecule has 0 unspecified atom stereocenters. The van der Waals surface area contributed by atoms with Gasteiger partial charge in [-0.15, -0.1) is 0 Å². The molecule has 0 heterocycles. The lowest BCUT2D eigenvalue weighted by atomic mass is 10.1. The summed E-state index contributed by atoms with van der Waals surface area (Å²) in [6, 6.07) is 6.89. The molecule has 0 spiro atoms. The van der Waals surface area contributed by atoms with Crippen molar-refractivity contribution in [1.29, 1.82) is 0 Å². The maximum atomic E-state index is 10.6. The molecular formula is C13H17NO2. The lowest BCUT2D eigenvalue weighted by Crippen LogP contribution is -2.15. The highest BCUT2D eigenvalue weighted by Gasteiger charge is 2.01. The molecular weight excluding hydrogens is 202 g/mol. The smallest absolute Gasteiger partial charge is 0.335 e. The molecule has 3 nitrogen and oxygen atoms in total. The molecule has 0 aliphatic heterocycles. The zero-order valence-corrected chi connectivity index (χ0v) is 9.49. The van der Waals surface area contributed by atoms with Gasteiger partial charge in [-0.05, 0) is 24.1 Å². The van der Waals surface area contributed by atoms with Crippen LogP contribution < -0.4 is 5.32 Å². The minimum absolute atomic E-state index is 0.321. The molecule has 86 valence electrons. The lowest BCUT2D eigenvalue weighted by molar-refractivity contribution is 0.0697. The van der Waals surface area contributed by atoms with Crippen molar-refractivity contribution in [3.8, 4) is 0 Å². The maximum Gasteiger partial charge on any atom is 0.335 e. The Labute approximate surface area is 95.8 Å². The van der Waals surface area contributed by atoms with E-state index in [2.05, 4.69) is 18.8 Å². The van der Waals surface area contributed by atoms with Crippen LogP contribution in [-0.2, 0) is 6.54 Å². The van der Waals surface area contributed by atoms with Crippen LogP contribution in [0.15, 0.2) is 36.4 Å². The van der Waals surface area contributed by atoms with Gasteiger partial charge in [0.1, 0.15) is 0 Å². The largest absolute Gasteiger partial charge is 0.478 e. The highest BCUT2D eigenvalue weighted by Crippen LogP contribution is 2.04. The Morgan fingerprint density at radius 3 is 2.50 bits per heavy atom. The Morgan fingerprint density at radius 2 is 2.00 bits per heavy atom. The molecule has 0 atom stereocenters. The first-order valence-corrected chi connectivity index (χ1v) is 5.33. The number of hydrogen-bond acceptors (Lipinski definition) is 2. The molecule has 0 radical (unpaired) electrons. The van der Waals surface area contributed by atoms with E-state index >= 15 is 0 Å². The Balaban J connectivity index is 2.43. The van der Waals surface area contributed by atoms with Gasteiger partial charge in [0, 0.05) is 13.1 Å². The van der Waals surface area contributed by atoms with Crippen molar-refractivity contribution in [3.63, 3.8) is 0 Å². The zero-order valence-electron chi connectivity index (χ0n) is 9.49. The summed E-state index contributed by atoms with van der Waals surface area (Å²) >= 11 is 0. The lowest BCUT2D eigenvalue weighted by Gasteiger charge is -2.06. The first kappa shape index (κ1) is 12.5. The van der Waals surface area contributed by atoms with Gasteiger partial charge in [-0.1, -0.05) is 31.2 Å². The van der Waals surface area contributed by atoms with E-state index < -0.39 is 5.97 Å². The molecule has 1 aromatic rings. The average molecular weight is 219 g/mol. The van der Waals surface area contributed by atoms with Crippen LogP contribution in [0.1, 0.15) is 29.3 Å². The second kappa shape index (κ2) is 6.08. The Hall–Kier alpha value is -1.61. The Bertz CT molecular complexity index is 368. The van der Waals surface area contributed by atoms with Crippen molar-refractivity contribution < 1.29 is 9.90 Å². The van der Waals surface area contributed by atoms with Gasteiger partial charge in [0.15, 0.2) is 0 Å². The number of carboxylic acid groups (broad SMARTS) is 1. The molecule has 0 amide bonds. The first-order chi connectivity index (χ1) is 7.63. The van der Waals surface area contributed by atoms with Gasteiger partial charge in [0.2, 0.25) is 0 Å². The quantitative estimate of drug-likeness (QED) is 0.722. The number of carbonyl (C=O) groups is 1. The van der Waals surface area contributed by atoms with Crippen LogP contribution in [0.5, 0.6) is 0 Å². The number of hydrogen-bond donors (Lipinski definition) is 2. The minimum Gasteiger partial charge on any atom is -0.478 e. The summed E-state index contributed by atoms with van der Waals surface area (Å²) in [5, 5.41) is 12.0. The SMILES string of the molecule is C=C(CC)CNCc1ccc(C(=O)O)cc1. The van der Waals surface area contributed by atoms with Crippen LogP contribution in [0.2, 0.25) is 0 Å². The summed E-state index contributed by atoms with van der Waals surface area (Å²) in [7, 11) is 0. The highest BCUT2D eigenvalue weighted by molar-refractivity contribution is 5.87. The molecule has 0 bridgehead atoms. The predicted molar refractivity (Wildman–Crippen MR) is 64.5 cm³/mol. The van der Waals surface area contributed by atoms with Crippen LogP contribution in [0.3, 0.4) is 0 Å². The molecule has 1 rings (SSSR count). The van der Waals surface area contributed by atoms with E-state index in [0.29, 0.717) is 5.56 Å². The summed E-state index contributed by atoms with van der Waals surface area (Å²) < 4.78 is 0. The van der Waals surface area contributed by atoms with E-state index in [9.17, 15) is 4.79 Å². The van der Waals surface area contributed by atoms with Crippen LogP contribution in [0.25, 0.3) is 0 Å². The van der Waals surface area contributed by atoms with Crippen molar-refractivity contribution in [1.82, 2.24) is 5.32 Å². The molecule has 3 heteroatoms. The van der Waals surface area contributed by atoms with Gasteiger partial charge in [-0.2, -0.15) is 0 Å². The third-order valence-corrected chi connectivity index (χ3v) is 2.41. The van der Waals surface area contributed by atoms with Crippen molar-refractivity contribution in [3.05, 3.63) is 47.5 Å². The van der Waals surface area contributed by atoms with Gasteiger partial charge in [-0.3, -0.25) is 0 Å². The topological polar surface area (TPSA) is 49.3 Å². The van der Waals surface area contributed by atoms with Crippen LogP contribution in [0.4, 0.5) is 0 Å². The van der Waals surface area contributed by atoms with Gasteiger partial charge in [-0.25, -0.2) is 4.79 Å². The normalized spacial score (nSPS) is 10.1. The van der Waals surface area contributed by atoms with Crippen molar-refractivity contribution >= 4 is 5.97 Å². The van der Waals surface area contributed by atoms with E-state index in [1.54, 1.807) is 12.1 Å². The van der Waals surface area contributed by atoms with Crippen molar-refractivity contribution in [2.75, 3.05) is 6.54 Å². The first-order valence-electron chi connectivity index (χ1n) is 5.33. The van der Waals surface area contributed by atoms with Gasteiger partial charge < -0.3 is 10.4 Å². The maximum absolute atomic E-state index is 10.6. The van der Waals surface area contributed by atoms with Crippen molar-refractivity contribution in [2.45, 2.75) is 19.9 Å². The molecule has 0 aromatic heterocycles. The molecule has 0 aliphatic carbocycles.